The molecule has 3 amide bonds. The zero-order valence-corrected chi connectivity index (χ0v) is 21.6. The molecule has 2 saturated heterocycles. The van der Waals surface area contributed by atoms with E-state index in [2.05, 4.69) is 17.2 Å². The van der Waals surface area contributed by atoms with Gasteiger partial charge in [-0.1, -0.05) is 35.9 Å². The number of benzene rings is 1. The maximum Gasteiger partial charge on any atom is 0.310 e. The van der Waals surface area contributed by atoms with Crippen LogP contribution in [0.25, 0.3) is 0 Å². The molecule has 10 nitrogen and oxygen atoms in total. The Morgan fingerprint density at radius 2 is 2.00 bits per heavy atom. The van der Waals surface area contributed by atoms with Gasteiger partial charge in [-0.05, 0) is 38.8 Å². The van der Waals surface area contributed by atoms with Gasteiger partial charge in [-0.2, -0.15) is 0 Å². The Labute approximate surface area is 219 Å². The maximum absolute atomic E-state index is 13.1. The highest BCUT2D eigenvalue weighted by molar-refractivity contribution is 6.37. The Bertz CT molecular complexity index is 1010. The van der Waals surface area contributed by atoms with Gasteiger partial charge in [0.1, 0.15) is 24.7 Å². The third kappa shape index (κ3) is 6.48. The van der Waals surface area contributed by atoms with Crippen LogP contribution in [0.2, 0.25) is 10.0 Å². The summed E-state index contributed by atoms with van der Waals surface area (Å²) in [4.78, 5) is 52.0. The second kappa shape index (κ2) is 12.4. The molecule has 196 valence electrons. The van der Waals surface area contributed by atoms with E-state index in [1.54, 1.807) is 6.92 Å². The van der Waals surface area contributed by atoms with Gasteiger partial charge in [-0.3, -0.25) is 19.2 Å². The van der Waals surface area contributed by atoms with Gasteiger partial charge in [-0.25, -0.2) is 0 Å². The van der Waals surface area contributed by atoms with E-state index in [0.29, 0.717) is 26.0 Å². The molecule has 0 aliphatic carbocycles. The van der Waals surface area contributed by atoms with Crippen molar-refractivity contribution in [2.45, 2.75) is 57.5 Å². The lowest BCUT2D eigenvalue weighted by molar-refractivity contribution is -0.164. The molecule has 3 unspecified atom stereocenters. The number of carbonyl (C=O) groups excluding carboxylic acids is 4. The third-order valence-electron chi connectivity index (χ3n) is 5.78. The summed E-state index contributed by atoms with van der Waals surface area (Å²) < 4.78 is 15.9. The van der Waals surface area contributed by atoms with Crippen LogP contribution in [0.3, 0.4) is 0 Å². The molecule has 3 rings (SSSR count). The van der Waals surface area contributed by atoms with Crippen LogP contribution in [-0.4, -0.2) is 72.8 Å². The first-order chi connectivity index (χ1) is 17.2. The molecule has 36 heavy (non-hydrogen) atoms. The minimum absolute atomic E-state index is 0.00787. The first kappa shape index (κ1) is 27.8. The third-order valence-corrected chi connectivity index (χ3v) is 6.35. The molecule has 1 aromatic carbocycles. The predicted molar refractivity (Wildman–Crippen MR) is 132 cm³/mol. The summed E-state index contributed by atoms with van der Waals surface area (Å²) in [6.45, 7) is 7.71. The first-order valence-electron chi connectivity index (χ1n) is 11.6. The van der Waals surface area contributed by atoms with Crippen LogP contribution < -0.4 is 15.4 Å². The number of carbonyl (C=O) groups is 4. The van der Waals surface area contributed by atoms with E-state index in [9.17, 15) is 19.2 Å². The van der Waals surface area contributed by atoms with Crippen molar-refractivity contribution in [3.05, 3.63) is 40.4 Å². The summed E-state index contributed by atoms with van der Waals surface area (Å²) in [6.07, 6.45) is 1.74. The first-order valence-corrected chi connectivity index (χ1v) is 12.4. The second-order valence-corrected chi connectivity index (χ2v) is 9.20. The molecule has 4 atom stereocenters. The van der Waals surface area contributed by atoms with Crippen LogP contribution in [0.1, 0.15) is 43.5 Å². The van der Waals surface area contributed by atoms with E-state index in [0.717, 1.165) is 0 Å². The summed E-state index contributed by atoms with van der Waals surface area (Å²) in [7, 11) is 0. The van der Waals surface area contributed by atoms with Crippen molar-refractivity contribution in [3.63, 3.8) is 0 Å². The number of nitrogens with zero attached hydrogens (tertiary/aromatic N) is 1. The van der Waals surface area contributed by atoms with Crippen molar-refractivity contribution >= 4 is 46.9 Å². The van der Waals surface area contributed by atoms with Gasteiger partial charge < -0.3 is 29.7 Å². The molecule has 0 spiro atoms. The molecule has 0 radical (unpaired) electrons. The molecular weight excluding hydrogens is 513 g/mol. The number of hydrogen-bond donors (Lipinski definition) is 2. The van der Waals surface area contributed by atoms with E-state index < -0.39 is 48.1 Å². The largest absolute Gasteiger partial charge is 0.486 e. The highest BCUT2D eigenvalue weighted by Crippen LogP contribution is 2.34. The van der Waals surface area contributed by atoms with Gasteiger partial charge in [0.15, 0.2) is 5.75 Å². The number of rotatable bonds is 10. The van der Waals surface area contributed by atoms with Crippen LogP contribution in [0.15, 0.2) is 24.8 Å². The Morgan fingerprint density at radius 3 is 2.64 bits per heavy atom. The van der Waals surface area contributed by atoms with Gasteiger partial charge in [0.2, 0.25) is 18.1 Å². The molecule has 2 N–H and O–H groups in total. The summed E-state index contributed by atoms with van der Waals surface area (Å²) in [5.74, 6) is -1.61. The number of amides is 3. The Hall–Kier alpha value is -2.82. The van der Waals surface area contributed by atoms with Crippen LogP contribution in [0.5, 0.6) is 5.75 Å². The number of hydrogen-bond acceptors (Lipinski definition) is 7. The summed E-state index contributed by atoms with van der Waals surface area (Å²) in [5, 5.41) is 5.69. The van der Waals surface area contributed by atoms with E-state index in [-0.39, 0.29) is 34.4 Å². The lowest BCUT2D eigenvalue weighted by atomic mass is 10.1. The molecular formula is C24H29Cl2N3O7. The molecule has 2 fully saturated rings. The van der Waals surface area contributed by atoms with E-state index in [1.165, 1.54) is 30.0 Å². The topological polar surface area (TPSA) is 123 Å². The molecule has 2 aliphatic rings. The van der Waals surface area contributed by atoms with Crippen molar-refractivity contribution in [3.8, 4) is 5.75 Å². The lowest BCUT2D eigenvalue weighted by Gasteiger charge is -2.28. The quantitative estimate of drug-likeness (QED) is 0.344. The zero-order valence-electron chi connectivity index (χ0n) is 20.1. The number of ether oxygens (including phenoxy) is 3. The Balaban J connectivity index is 1.63. The number of halogens is 2. The van der Waals surface area contributed by atoms with Crippen LogP contribution in [-0.2, 0) is 23.9 Å². The average molecular weight is 542 g/mol. The van der Waals surface area contributed by atoms with E-state index in [1.807, 2.05) is 0 Å². The maximum atomic E-state index is 13.1. The van der Waals surface area contributed by atoms with Gasteiger partial charge in [-0.15, -0.1) is 0 Å². The molecule has 2 heterocycles. The summed E-state index contributed by atoms with van der Waals surface area (Å²) in [5.41, 5.74) is 0.152. The summed E-state index contributed by atoms with van der Waals surface area (Å²) >= 11 is 12.4. The molecule has 0 aromatic heterocycles. The average Bonchev–Trinajstić information content (AvgIpc) is 3.44. The fourth-order valence-electron chi connectivity index (χ4n) is 4.11. The van der Waals surface area contributed by atoms with Crippen molar-refractivity contribution in [2.24, 2.45) is 0 Å². The summed E-state index contributed by atoms with van der Waals surface area (Å²) in [6, 6.07) is 0.495. The highest BCUT2D eigenvalue weighted by Gasteiger charge is 2.41. The van der Waals surface area contributed by atoms with E-state index in [4.69, 9.17) is 37.4 Å². The van der Waals surface area contributed by atoms with Crippen LogP contribution in [0, 0.1) is 0 Å². The number of cyclic esters (lactones) is 1. The smallest absolute Gasteiger partial charge is 0.310 e. The molecule has 12 heteroatoms. The second-order valence-electron chi connectivity index (χ2n) is 8.39. The van der Waals surface area contributed by atoms with Gasteiger partial charge in [0.25, 0.3) is 5.91 Å². The van der Waals surface area contributed by atoms with Gasteiger partial charge >= 0.3 is 5.97 Å². The standard InChI is InChI=1S/C24H29Cl2N3O7/c1-4-9-35-20-15(25)10-14(11-16(20)26)21(31)27-13(3)23(33)29-8-6-7-18(29)22(32)28-17-12-19(30)36-24(17)34-5-2/h4,10-11,13,17-18,24H,1,5-9,12H2,2-3H3,(H,27,31)(H,28,32)/t13-,17?,18?,24?/m0/s1. The molecule has 1 aromatic rings. The number of likely N-dealkylation sites (tertiary alicyclic amines) is 1. The van der Waals surface area contributed by atoms with Gasteiger partial charge in [0.05, 0.1) is 16.5 Å². The van der Waals surface area contributed by atoms with E-state index >= 15 is 0 Å². The van der Waals surface area contributed by atoms with Crippen molar-refractivity contribution < 1.29 is 33.4 Å². The number of esters is 1. The monoisotopic (exact) mass is 541 g/mol. The predicted octanol–water partition coefficient (Wildman–Crippen LogP) is 2.46. The molecule has 0 bridgehead atoms. The minimum Gasteiger partial charge on any atom is -0.486 e. The fourth-order valence-corrected chi connectivity index (χ4v) is 4.71. The minimum atomic E-state index is -0.923. The van der Waals surface area contributed by atoms with Crippen molar-refractivity contribution in [1.29, 1.82) is 0 Å². The molecule has 0 saturated carbocycles. The zero-order chi connectivity index (χ0) is 26.4. The molecule has 2 aliphatic heterocycles. The fraction of sp³-hybridized carbons (Fsp3) is 0.500. The normalized spacial score (nSPS) is 22.1. The SMILES string of the molecule is C=CCOc1c(Cl)cc(C(=O)N[C@@H](C)C(=O)N2CCCC2C(=O)NC2CC(=O)OC2OCC)cc1Cl. The van der Waals surface area contributed by atoms with Crippen molar-refractivity contribution in [1.82, 2.24) is 15.5 Å². The van der Waals surface area contributed by atoms with Crippen molar-refractivity contribution in [2.75, 3.05) is 19.8 Å². The Morgan fingerprint density at radius 1 is 1.31 bits per heavy atom. The number of nitrogens with one attached hydrogen (secondary N) is 2. The van der Waals surface area contributed by atoms with Gasteiger partial charge in [0, 0.05) is 18.7 Å². The van der Waals surface area contributed by atoms with Crippen LogP contribution >= 0.6 is 23.2 Å². The Kier molecular flexibility index (Phi) is 9.58. The highest BCUT2D eigenvalue weighted by atomic mass is 35.5. The van der Waals surface area contributed by atoms with Crippen LogP contribution in [0.4, 0.5) is 0 Å². The lowest BCUT2D eigenvalue weighted by Crippen LogP contribution is -2.54.